The number of hydrogen-bond acceptors (Lipinski definition) is 5. The Kier molecular flexibility index (Phi) is 6.58. The normalized spacial score (nSPS) is 16.6. The van der Waals surface area contributed by atoms with Crippen LogP contribution in [0.2, 0.25) is 0 Å². The summed E-state index contributed by atoms with van der Waals surface area (Å²) in [7, 11) is 1.32. The van der Waals surface area contributed by atoms with E-state index in [1.807, 2.05) is 13.8 Å². The van der Waals surface area contributed by atoms with Crippen LogP contribution in [0, 0.1) is 13.8 Å². The van der Waals surface area contributed by atoms with Gasteiger partial charge in [0.05, 0.1) is 19.8 Å². The number of ether oxygens (including phenoxy) is 2. The average Bonchev–Trinajstić information content (AvgIpc) is 3.19. The second kappa shape index (κ2) is 8.49. The summed E-state index contributed by atoms with van der Waals surface area (Å²) in [4.78, 5) is 38.6. The molecule has 0 aromatic carbocycles. The number of nitrogens with zero attached hydrogens (tertiary/aromatic N) is 2. The summed E-state index contributed by atoms with van der Waals surface area (Å²) in [5.74, 6) is -0.799. The number of carbonyl (C=O) groups excluding carboxylic acids is 3. The van der Waals surface area contributed by atoms with Crippen molar-refractivity contribution < 1.29 is 23.9 Å². The first-order chi connectivity index (χ1) is 12.3. The van der Waals surface area contributed by atoms with Gasteiger partial charge in [0, 0.05) is 37.9 Å². The monoisotopic (exact) mass is 364 g/mol. The number of methoxy groups -OCH3 is 1. The molecule has 7 nitrogen and oxygen atoms in total. The Morgan fingerprint density at radius 3 is 2.50 bits per heavy atom. The van der Waals surface area contributed by atoms with Crippen molar-refractivity contribution in [3.05, 3.63) is 22.5 Å². The number of carbonyl (C=O) groups is 3. The van der Waals surface area contributed by atoms with E-state index in [9.17, 15) is 14.4 Å². The minimum Gasteiger partial charge on any atom is -0.464 e. The highest BCUT2D eigenvalue weighted by molar-refractivity contribution is 6.04. The van der Waals surface area contributed by atoms with Crippen molar-refractivity contribution in [2.24, 2.45) is 0 Å². The molecule has 1 aliphatic rings. The van der Waals surface area contributed by atoms with E-state index in [0.29, 0.717) is 36.5 Å². The molecule has 1 amide bonds. The summed E-state index contributed by atoms with van der Waals surface area (Å²) in [5.41, 5.74) is 2.20. The van der Waals surface area contributed by atoms with E-state index in [4.69, 9.17) is 9.47 Å². The molecule has 1 unspecified atom stereocenters. The third-order valence-electron chi connectivity index (χ3n) is 4.97. The molecule has 26 heavy (non-hydrogen) atoms. The largest absolute Gasteiger partial charge is 0.464 e. The smallest absolute Gasteiger partial charge is 0.354 e. The van der Waals surface area contributed by atoms with Crippen molar-refractivity contribution in [2.75, 3.05) is 26.8 Å². The molecule has 1 fully saturated rings. The van der Waals surface area contributed by atoms with Crippen molar-refractivity contribution in [1.29, 1.82) is 0 Å². The molecule has 0 N–H and O–H groups in total. The van der Waals surface area contributed by atoms with Gasteiger partial charge in [-0.05, 0) is 39.2 Å². The fourth-order valence-electron chi connectivity index (χ4n) is 3.65. The first kappa shape index (κ1) is 20.2. The van der Waals surface area contributed by atoms with Gasteiger partial charge < -0.3 is 18.9 Å². The first-order valence-electron chi connectivity index (χ1n) is 9.00. The first-order valence-corrected chi connectivity index (χ1v) is 9.00. The fraction of sp³-hybridized carbons (Fsp3) is 0.632. The van der Waals surface area contributed by atoms with Crippen LogP contribution in [0.5, 0.6) is 0 Å². The number of Topliss-reactive ketones (excluding diaryl/α,β-unsaturated/α-hetero) is 1. The minimum absolute atomic E-state index is 0.0141. The van der Waals surface area contributed by atoms with Crippen LogP contribution in [0.15, 0.2) is 0 Å². The predicted octanol–water partition coefficient (Wildman–Crippen LogP) is 2.12. The van der Waals surface area contributed by atoms with E-state index in [0.717, 1.165) is 18.5 Å². The van der Waals surface area contributed by atoms with Crippen LogP contribution in [0.1, 0.15) is 58.8 Å². The Labute approximate surface area is 154 Å². The number of amides is 1. The molecule has 0 bridgehead atoms. The van der Waals surface area contributed by atoms with E-state index in [2.05, 4.69) is 0 Å². The molecule has 7 heteroatoms. The number of aromatic nitrogens is 1. The Hall–Kier alpha value is -2.15. The Morgan fingerprint density at radius 1 is 1.31 bits per heavy atom. The number of hydrogen-bond donors (Lipinski definition) is 0. The average molecular weight is 364 g/mol. The molecule has 0 aliphatic carbocycles. The van der Waals surface area contributed by atoms with E-state index in [-0.39, 0.29) is 24.3 Å². The van der Waals surface area contributed by atoms with Gasteiger partial charge in [0.2, 0.25) is 5.91 Å². The van der Waals surface area contributed by atoms with E-state index in [1.165, 1.54) is 18.9 Å². The Balaban J connectivity index is 2.28. The quantitative estimate of drug-likeness (QED) is 0.547. The molecule has 0 saturated carbocycles. The Bertz CT molecular complexity index is 701. The molecule has 1 aromatic rings. The van der Waals surface area contributed by atoms with Gasteiger partial charge in [-0.2, -0.15) is 0 Å². The van der Waals surface area contributed by atoms with Crippen molar-refractivity contribution in [3.63, 3.8) is 0 Å². The third-order valence-corrected chi connectivity index (χ3v) is 4.97. The molecule has 144 valence electrons. The molecular formula is C19H28N2O5. The van der Waals surface area contributed by atoms with Crippen molar-refractivity contribution in [2.45, 2.75) is 53.2 Å². The zero-order valence-electron chi connectivity index (χ0n) is 16.3. The zero-order valence-corrected chi connectivity index (χ0v) is 16.3. The molecule has 0 radical (unpaired) electrons. The lowest BCUT2D eigenvalue weighted by Crippen LogP contribution is -2.39. The van der Waals surface area contributed by atoms with Crippen LogP contribution in [-0.2, 0) is 20.8 Å². The summed E-state index contributed by atoms with van der Waals surface area (Å²) >= 11 is 0. The molecule has 1 aliphatic heterocycles. The molecule has 0 spiro atoms. The summed E-state index contributed by atoms with van der Waals surface area (Å²) < 4.78 is 12.2. The highest BCUT2D eigenvalue weighted by Gasteiger charge is 2.29. The predicted molar refractivity (Wildman–Crippen MR) is 96.5 cm³/mol. The van der Waals surface area contributed by atoms with Gasteiger partial charge in [-0.25, -0.2) is 4.79 Å². The van der Waals surface area contributed by atoms with Crippen LogP contribution >= 0.6 is 0 Å². The maximum atomic E-state index is 13.0. The molecule has 1 atom stereocenters. The van der Waals surface area contributed by atoms with Gasteiger partial charge in [-0.15, -0.1) is 0 Å². The van der Waals surface area contributed by atoms with Crippen LogP contribution in [0.25, 0.3) is 0 Å². The van der Waals surface area contributed by atoms with Gasteiger partial charge in [-0.1, -0.05) is 0 Å². The fourth-order valence-corrected chi connectivity index (χ4v) is 3.65. The topological polar surface area (TPSA) is 77.8 Å². The van der Waals surface area contributed by atoms with Crippen molar-refractivity contribution >= 4 is 17.7 Å². The van der Waals surface area contributed by atoms with Gasteiger partial charge in [0.1, 0.15) is 5.69 Å². The lowest BCUT2D eigenvalue weighted by Gasteiger charge is -2.23. The second-order valence-corrected chi connectivity index (χ2v) is 6.63. The number of ketones is 1. The lowest BCUT2D eigenvalue weighted by molar-refractivity contribution is -0.129. The van der Waals surface area contributed by atoms with Crippen molar-refractivity contribution in [3.8, 4) is 0 Å². The van der Waals surface area contributed by atoms with Gasteiger partial charge >= 0.3 is 5.97 Å². The lowest BCUT2D eigenvalue weighted by atomic mass is 10.0. The highest BCUT2D eigenvalue weighted by atomic mass is 16.5. The number of esters is 1. The maximum Gasteiger partial charge on any atom is 0.354 e. The summed E-state index contributed by atoms with van der Waals surface area (Å²) in [6.07, 6.45) is 1.86. The van der Waals surface area contributed by atoms with Gasteiger partial charge in [-0.3, -0.25) is 9.59 Å². The number of rotatable bonds is 7. The molecule has 1 saturated heterocycles. The Morgan fingerprint density at radius 2 is 2.00 bits per heavy atom. The molecular weight excluding hydrogens is 336 g/mol. The maximum absolute atomic E-state index is 13.0. The summed E-state index contributed by atoms with van der Waals surface area (Å²) in [6, 6.07) is 0. The zero-order chi connectivity index (χ0) is 19.4. The second-order valence-electron chi connectivity index (χ2n) is 6.63. The van der Waals surface area contributed by atoms with Gasteiger partial charge in [0.15, 0.2) is 5.78 Å². The third kappa shape index (κ3) is 3.98. The van der Waals surface area contributed by atoms with E-state index < -0.39 is 5.97 Å². The SMILES string of the molecule is CCn1c(C)c(C(=O)CN(CC2CCCO2)C(C)=O)c(C)c1C(=O)OC. The molecule has 2 rings (SSSR count). The van der Waals surface area contributed by atoms with E-state index in [1.54, 1.807) is 11.5 Å². The van der Waals surface area contributed by atoms with Crippen molar-refractivity contribution in [1.82, 2.24) is 9.47 Å². The highest BCUT2D eigenvalue weighted by Crippen LogP contribution is 2.24. The van der Waals surface area contributed by atoms with Gasteiger partial charge in [0.25, 0.3) is 0 Å². The molecule has 1 aromatic heterocycles. The summed E-state index contributed by atoms with van der Waals surface area (Å²) in [6.45, 7) is 8.57. The van der Waals surface area contributed by atoms with E-state index >= 15 is 0 Å². The standard InChI is InChI=1S/C19H28N2O5/c1-6-21-13(3)17(12(2)18(21)19(24)25-5)16(23)11-20(14(4)22)10-15-8-7-9-26-15/h15H,6-11H2,1-5H3. The van der Waals surface area contributed by atoms with Crippen LogP contribution < -0.4 is 0 Å². The van der Waals surface area contributed by atoms with Crippen LogP contribution in [0.3, 0.4) is 0 Å². The van der Waals surface area contributed by atoms with Crippen LogP contribution in [0.4, 0.5) is 0 Å². The molecule has 2 heterocycles. The summed E-state index contributed by atoms with van der Waals surface area (Å²) in [5, 5.41) is 0. The van der Waals surface area contributed by atoms with Crippen LogP contribution in [-0.4, -0.2) is 60.0 Å². The minimum atomic E-state index is -0.464.